The van der Waals surface area contributed by atoms with E-state index < -0.39 is 10.0 Å². The summed E-state index contributed by atoms with van der Waals surface area (Å²) in [6.45, 7) is 3.01. The third-order valence-corrected chi connectivity index (χ3v) is 7.87. The summed E-state index contributed by atoms with van der Waals surface area (Å²) in [7, 11) is -0.371. The monoisotopic (exact) mass is 428 g/mol. The van der Waals surface area contributed by atoms with Gasteiger partial charge in [-0.2, -0.15) is 8.82 Å². The molecule has 0 spiro atoms. The van der Waals surface area contributed by atoms with E-state index in [1.54, 1.807) is 32.4 Å². The van der Waals surface area contributed by atoms with E-state index in [0.29, 0.717) is 24.8 Å². The van der Waals surface area contributed by atoms with E-state index >= 15 is 0 Å². The molecule has 5 rings (SSSR count). The molecule has 1 aromatic carbocycles. The lowest BCUT2D eigenvalue weighted by Gasteiger charge is -2.43. The Morgan fingerprint density at radius 2 is 1.90 bits per heavy atom. The van der Waals surface area contributed by atoms with Crippen LogP contribution in [0.4, 0.5) is 5.82 Å². The summed E-state index contributed by atoms with van der Waals surface area (Å²) in [5.74, 6) is 2.86. The fraction of sp³-hybridized carbons (Fsp3) is 0.450. The van der Waals surface area contributed by atoms with Crippen LogP contribution in [0.25, 0.3) is 5.65 Å². The molecule has 2 fully saturated rings. The zero-order valence-corrected chi connectivity index (χ0v) is 18.0. The maximum atomic E-state index is 13.1. The third-order valence-electron chi connectivity index (χ3n) is 5.96. The fourth-order valence-electron chi connectivity index (χ4n) is 3.81. The molecule has 0 atom stereocenters. The molecule has 0 bridgehead atoms. The van der Waals surface area contributed by atoms with Crippen molar-refractivity contribution in [3.63, 3.8) is 0 Å². The van der Waals surface area contributed by atoms with Gasteiger partial charge >= 0.3 is 0 Å². The Labute approximate surface area is 175 Å². The third kappa shape index (κ3) is 3.10. The largest absolute Gasteiger partial charge is 0.496 e. The second kappa shape index (κ2) is 6.92. The first-order valence-electron chi connectivity index (χ1n) is 9.98. The van der Waals surface area contributed by atoms with Gasteiger partial charge in [-0.15, -0.1) is 15.3 Å². The number of hydrogen-bond donors (Lipinski definition) is 0. The molecular formula is C20H24N6O3S. The highest BCUT2D eigenvalue weighted by atomic mass is 32.2. The predicted molar refractivity (Wildman–Crippen MR) is 111 cm³/mol. The minimum atomic E-state index is -3.58. The van der Waals surface area contributed by atoms with Gasteiger partial charge in [-0.05, 0) is 55.7 Å². The molecule has 30 heavy (non-hydrogen) atoms. The van der Waals surface area contributed by atoms with Crippen molar-refractivity contribution in [3.8, 4) is 5.75 Å². The molecule has 2 aromatic heterocycles. The van der Waals surface area contributed by atoms with Gasteiger partial charge in [0.25, 0.3) is 0 Å². The van der Waals surface area contributed by atoms with Crippen LogP contribution >= 0.6 is 0 Å². The first kappa shape index (κ1) is 19.3. The Hall–Kier alpha value is -2.72. The Morgan fingerprint density at radius 3 is 2.57 bits per heavy atom. The SMILES string of the molecule is COc1ccc(S(=O)(=O)N(C)C2CN(c3ccc4nnc(C5CC5)n4n3)C2)cc1C. The van der Waals surface area contributed by atoms with Crippen molar-refractivity contribution in [3.05, 3.63) is 41.7 Å². The number of sulfonamides is 1. The van der Waals surface area contributed by atoms with Gasteiger partial charge in [0, 0.05) is 26.1 Å². The summed E-state index contributed by atoms with van der Waals surface area (Å²) in [5, 5.41) is 13.2. The first-order chi connectivity index (χ1) is 14.4. The highest BCUT2D eigenvalue weighted by molar-refractivity contribution is 7.89. The van der Waals surface area contributed by atoms with Crippen LogP contribution in [-0.4, -0.2) is 65.8 Å². The van der Waals surface area contributed by atoms with Crippen molar-refractivity contribution in [2.45, 2.75) is 36.6 Å². The molecule has 2 aliphatic rings. The number of nitrogens with zero attached hydrogens (tertiary/aromatic N) is 6. The van der Waals surface area contributed by atoms with Gasteiger partial charge in [-0.3, -0.25) is 0 Å². The molecule has 1 saturated heterocycles. The molecule has 10 heteroatoms. The van der Waals surface area contributed by atoms with Crippen molar-refractivity contribution in [1.82, 2.24) is 24.1 Å². The highest BCUT2D eigenvalue weighted by Gasteiger charge is 2.38. The van der Waals surface area contributed by atoms with E-state index in [1.165, 1.54) is 4.31 Å². The molecule has 1 saturated carbocycles. The standard InChI is InChI=1S/C20H24N6O3S/c1-13-10-16(6-7-17(13)29-3)30(27,28)24(2)15-11-25(12-15)19-9-8-18-21-22-20(14-4-5-14)26(18)23-19/h6-10,14-15H,4-5,11-12H2,1-3H3. The summed E-state index contributed by atoms with van der Waals surface area (Å²) in [5.41, 5.74) is 1.53. The predicted octanol–water partition coefficient (Wildman–Crippen LogP) is 1.83. The van der Waals surface area contributed by atoms with Crippen molar-refractivity contribution in [2.24, 2.45) is 0 Å². The lowest BCUT2D eigenvalue weighted by Crippen LogP contribution is -2.60. The van der Waals surface area contributed by atoms with Gasteiger partial charge in [0.15, 0.2) is 11.5 Å². The van der Waals surface area contributed by atoms with Gasteiger partial charge in [0.2, 0.25) is 10.0 Å². The molecule has 3 heterocycles. The molecule has 9 nitrogen and oxygen atoms in total. The zero-order chi connectivity index (χ0) is 21.0. The number of ether oxygens (including phenoxy) is 1. The molecule has 158 valence electrons. The van der Waals surface area contributed by atoms with Crippen molar-refractivity contribution in [1.29, 1.82) is 0 Å². The number of aromatic nitrogens is 4. The van der Waals surface area contributed by atoms with Crippen LogP contribution in [0.5, 0.6) is 5.75 Å². The van der Waals surface area contributed by atoms with Crippen LogP contribution in [0.3, 0.4) is 0 Å². The number of aryl methyl sites for hydroxylation is 1. The van der Waals surface area contributed by atoms with Crippen molar-refractivity contribution in [2.75, 3.05) is 32.1 Å². The number of benzene rings is 1. The molecule has 0 N–H and O–H groups in total. The van der Waals surface area contributed by atoms with Crippen LogP contribution in [0, 0.1) is 6.92 Å². The average Bonchev–Trinajstić information content (AvgIpc) is 3.45. The minimum Gasteiger partial charge on any atom is -0.496 e. The van der Waals surface area contributed by atoms with Crippen molar-refractivity contribution < 1.29 is 13.2 Å². The zero-order valence-electron chi connectivity index (χ0n) is 17.2. The number of hydrogen-bond acceptors (Lipinski definition) is 7. The highest BCUT2D eigenvalue weighted by Crippen LogP contribution is 2.39. The molecule has 0 unspecified atom stereocenters. The van der Waals surface area contributed by atoms with E-state index in [9.17, 15) is 8.42 Å². The second-order valence-electron chi connectivity index (χ2n) is 8.01. The minimum absolute atomic E-state index is 0.112. The summed E-state index contributed by atoms with van der Waals surface area (Å²) < 4.78 is 34.6. The van der Waals surface area contributed by atoms with Crippen LogP contribution in [0.15, 0.2) is 35.2 Å². The Balaban J connectivity index is 1.32. The van der Waals surface area contributed by atoms with Gasteiger partial charge in [-0.25, -0.2) is 8.42 Å². The summed E-state index contributed by atoms with van der Waals surface area (Å²) in [4.78, 5) is 2.35. The van der Waals surface area contributed by atoms with E-state index in [-0.39, 0.29) is 10.9 Å². The maximum absolute atomic E-state index is 13.1. The Morgan fingerprint density at radius 1 is 1.13 bits per heavy atom. The quantitative estimate of drug-likeness (QED) is 0.591. The molecule has 0 radical (unpaired) electrons. The van der Waals surface area contributed by atoms with Gasteiger partial charge in [0.1, 0.15) is 11.6 Å². The second-order valence-corrected chi connectivity index (χ2v) is 10.0. The molecule has 0 amide bonds. The van der Waals surface area contributed by atoms with E-state index in [4.69, 9.17) is 9.84 Å². The number of anilines is 1. The fourth-order valence-corrected chi connectivity index (χ4v) is 5.23. The summed E-state index contributed by atoms with van der Waals surface area (Å²) in [6.07, 6.45) is 2.26. The molecular weight excluding hydrogens is 404 g/mol. The van der Waals surface area contributed by atoms with E-state index in [0.717, 1.165) is 35.7 Å². The van der Waals surface area contributed by atoms with Crippen LogP contribution in [0.1, 0.15) is 30.1 Å². The normalized spacial score (nSPS) is 17.5. The van der Waals surface area contributed by atoms with Gasteiger partial charge in [0.05, 0.1) is 18.0 Å². The number of likely N-dealkylation sites (N-methyl/N-ethyl adjacent to an activating group) is 1. The maximum Gasteiger partial charge on any atom is 0.243 e. The van der Waals surface area contributed by atoms with Crippen LogP contribution in [0.2, 0.25) is 0 Å². The molecule has 1 aliphatic carbocycles. The topological polar surface area (TPSA) is 92.9 Å². The Kier molecular flexibility index (Phi) is 4.44. The smallest absolute Gasteiger partial charge is 0.243 e. The number of fused-ring (bicyclic) bond motifs is 1. The molecule has 3 aromatic rings. The number of rotatable bonds is 6. The average molecular weight is 429 g/mol. The van der Waals surface area contributed by atoms with Crippen LogP contribution < -0.4 is 9.64 Å². The number of methoxy groups -OCH3 is 1. The summed E-state index contributed by atoms with van der Waals surface area (Å²) in [6, 6.07) is 8.65. The van der Waals surface area contributed by atoms with Gasteiger partial charge in [-0.1, -0.05) is 0 Å². The van der Waals surface area contributed by atoms with Crippen LogP contribution in [-0.2, 0) is 10.0 Å². The van der Waals surface area contributed by atoms with E-state index in [1.807, 2.05) is 23.6 Å². The lowest BCUT2D eigenvalue weighted by atomic mass is 10.1. The Bertz CT molecular complexity index is 1210. The lowest BCUT2D eigenvalue weighted by molar-refractivity contribution is 0.309. The first-order valence-corrected chi connectivity index (χ1v) is 11.4. The molecule has 1 aliphatic heterocycles. The van der Waals surface area contributed by atoms with Crippen molar-refractivity contribution >= 4 is 21.5 Å². The van der Waals surface area contributed by atoms with Gasteiger partial charge < -0.3 is 9.64 Å². The summed E-state index contributed by atoms with van der Waals surface area (Å²) >= 11 is 0. The van der Waals surface area contributed by atoms with E-state index in [2.05, 4.69) is 15.1 Å².